The summed E-state index contributed by atoms with van der Waals surface area (Å²) in [6, 6.07) is 7.24. The maximum atomic E-state index is 12.1. The van der Waals surface area contributed by atoms with Gasteiger partial charge in [-0.3, -0.25) is 4.79 Å². The van der Waals surface area contributed by atoms with E-state index in [1.54, 1.807) is 12.1 Å². The van der Waals surface area contributed by atoms with Gasteiger partial charge in [-0.25, -0.2) is 4.79 Å². The van der Waals surface area contributed by atoms with E-state index < -0.39 is 5.97 Å². The summed E-state index contributed by atoms with van der Waals surface area (Å²) in [5.74, 6) is -0.109. The topological polar surface area (TPSA) is 57.6 Å². The predicted octanol–water partition coefficient (Wildman–Crippen LogP) is 3.75. The fourth-order valence-electron chi connectivity index (χ4n) is 3.29. The Labute approximate surface area is 138 Å². The van der Waals surface area contributed by atoms with Crippen molar-refractivity contribution in [2.75, 3.05) is 13.1 Å². The Balaban J connectivity index is 1.83. The molecule has 126 valence electrons. The predicted molar refractivity (Wildman–Crippen MR) is 90.6 cm³/mol. The van der Waals surface area contributed by atoms with Crippen molar-refractivity contribution in [2.45, 2.75) is 51.9 Å². The van der Waals surface area contributed by atoms with Crippen LogP contribution in [0.1, 0.15) is 61.4 Å². The van der Waals surface area contributed by atoms with Crippen LogP contribution in [0.25, 0.3) is 0 Å². The van der Waals surface area contributed by atoms with Gasteiger partial charge in [-0.05, 0) is 43.2 Å². The summed E-state index contributed by atoms with van der Waals surface area (Å²) in [4.78, 5) is 25.4. The lowest BCUT2D eigenvalue weighted by molar-refractivity contribution is -0.132. The molecule has 1 amide bonds. The molecule has 0 unspecified atom stereocenters. The van der Waals surface area contributed by atoms with Crippen molar-refractivity contribution in [1.29, 1.82) is 0 Å². The largest absolute Gasteiger partial charge is 0.478 e. The summed E-state index contributed by atoms with van der Waals surface area (Å²) >= 11 is 0. The van der Waals surface area contributed by atoms with E-state index in [1.807, 2.05) is 17.0 Å². The molecule has 0 atom stereocenters. The van der Waals surface area contributed by atoms with Crippen molar-refractivity contribution in [3.63, 3.8) is 0 Å². The van der Waals surface area contributed by atoms with Crippen LogP contribution in [-0.2, 0) is 11.2 Å². The Morgan fingerprint density at radius 2 is 1.87 bits per heavy atom. The fourth-order valence-corrected chi connectivity index (χ4v) is 3.29. The molecule has 0 aromatic heterocycles. The Morgan fingerprint density at radius 1 is 1.17 bits per heavy atom. The average Bonchev–Trinajstić information content (AvgIpc) is 2.56. The molecule has 0 saturated carbocycles. The highest BCUT2D eigenvalue weighted by molar-refractivity contribution is 5.89. The molecule has 23 heavy (non-hydrogen) atoms. The molecule has 1 heterocycles. The van der Waals surface area contributed by atoms with E-state index in [1.165, 1.54) is 0 Å². The molecule has 0 bridgehead atoms. The molecule has 2 rings (SSSR count). The third-order valence-corrected chi connectivity index (χ3v) is 4.72. The van der Waals surface area contributed by atoms with Gasteiger partial charge in [-0.15, -0.1) is 0 Å². The number of carboxylic acids is 1. The number of carboxylic acid groups (broad SMARTS) is 1. The van der Waals surface area contributed by atoms with E-state index >= 15 is 0 Å². The lowest BCUT2D eigenvalue weighted by Gasteiger charge is -2.32. The zero-order valence-corrected chi connectivity index (χ0v) is 14.0. The molecule has 1 fully saturated rings. The van der Waals surface area contributed by atoms with Crippen LogP contribution in [-0.4, -0.2) is 35.0 Å². The lowest BCUT2D eigenvalue weighted by Crippen LogP contribution is -2.38. The van der Waals surface area contributed by atoms with Gasteiger partial charge in [0.25, 0.3) is 0 Å². The van der Waals surface area contributed by atoms with Crippen molar-refractivity contribution in [1.82, 2.24) is 4.90 Å². The number of nitrogens with zero attached hydrogens (tertiary/aromatic N) is 1. The van der Waals surface area contributed by atoms with E-state index in [-0.39, 0.29) is 5.91 Å². The highest BCUT2D eigenvalue weighted by Crippen LogP contribution is 2.24. The van der Waals surface area contributed by atoms with Crippen molar-refractivity contribution < 1.29 is 14.7 Å². The molecule has 4 heteroatoms. The average molecular weight is 317 g/mol. The Kier molecular flexibility index (Phi) is 6.63. The van der Waals surface area contributed by atoms with Crippen LogP contribution in [0.4, 0.5) is 0 Å². The van der Waals surface area contributed by atoms with E-state index in [0.717, 1.165) is 57.2 Å². The number of aromatic carboxylic acids is 1. The van der Waals surface area contributed by atoms with Gasteiger partial charge in [-0.1, -0.05) is 38.0 Å². The minimum absolute atomic E-state index is 0.280. The van der Waals surface area contributed by atoms with Gasteiger partial charge in [0, 0.05) is 19.5 Å². The van der Waals surface area contributed by atoms with E-state index in [2.05, 4.69) is 6.92 Å². The quantitative estimate of drug-likeness (QED) is 0.779. The molecule has 0 radical (unpaired) electrons. The summed E-state index contributed by atoms with van der Waals surface area (Å²) in [5.41, 5.74) is 1.32. The highest BCUT2D eigenvalue weighted by Gasteiger charge is 2.23. The molecule has 1 saturated heterocycles. The van der Waals surface area contributed by atoms with Gasteiger partial charge in [0.1, 0.15) is 0 Å². The molecular weight excluding hydrogens is 290 g/mol. The van der Waals surface area contributed by atoms with Crippen molar-refractivity contribution in [3.05, 3.63) is 35.4 Å². The number of amides is 1. The van der Waals surface area contributed by atoms with Gasteiger partial charge in [0.2, 0.25) is 5.91 Å². The van der Waals surface area contributed by atoms with Crippen LogP contribution in [0.15, 0.2) is 24.3 Å². The highest BCUT2D eigenvalue weighted by atomic mass is 16.4. The number of rotatable bonds is 7. The SMILES string of the molecule is CCCCCC(=O)N1CCC(Cc2ccccc2C(=O)O)CC1. The van der Waals surface area contributed by atoms with Gasteiger partial charge < -0.3 is 10.0 Å². The second kappa shape index (κ2) is 8.70. The summed E-state index contributed by atoms with van der Waals surface area (Å²) < 4.78 is 0. The summed E-state index contributed by atoms with van der Waals surface area (Å²) in [6.45, 7) is 3.76. The molecule has 1 N–H and O–H groups in total. The smallest absolute Gasteiger partial charge is 0.335 e. The standard InChI is InChI=1S/C19H27NO3/c1-2-3-4-9-18(21)20-12-10-15(11-13-20)14-16-7-5-6-8-17(16)19(22)23/h5-8,15H,2-4,9-14H2,1H3,(H,22,23). The Bertz CT molecular complexity index is 533. The summed E-state index contributed by atoms with van der Waals surface area (Å²) in [5, 5.41) is 9.26. The number of carbonyl (C=O) groups excluding carboxylic acids is 1. The minimum atomic E-state index is -0.857. The number of unbranched alkanes of at least 4 members (excludes halogenated alkanes) is 2. The number of benzene rings is 1. The normalized spacial score (nSPS) is 15.6. The lowest BCUT2D eigenvalue weighted by atomic mass is 9.88. The minimum Gasteiger partial charge on any atom is -0.478 e. The van der Waals surface area contributed by atoms with Crippen LogP contribution in [0.3, 0.4) is 0 Å². The second-order valence-corrected chi connectivity index (χ2v) is 6.45. The number of piperidine rings is 1. The molecule has 1 aliphatic rings. The van der Waals surface area contributed by atoms with Gasteiger partial charge in [0.05, 0.1) is 5.56 Å². The molecule has 4 nitrogen and oxygen atoms in total. The van der Waals surface area contributed by atoms with Crippen LogP contribution < -0.4 is 0 Å². The molecular formula is C19H27NO3. The first kappa shape index (κ1) is 17.5. The number of carbonyl (C=O) groups is 2. The Morgan fingerprint density at radius 3 is 2.52 bits per heavy atom. The van der Waals surface area contributed by atoms with Gasteiger partial charge >= 0.3 is 5.97 Å². The maximum absolute atomic E-state index is 12.1. The maximum Gasteiger partial charge on any atom is 0.335 e. The second-order valence-electron chi connectivity index (χ2n) is 6.45. The molecule has 1 aromatic carbocycles. The van der Waals surface area contributed by atoms with Crippen molar-refractivity contribution in [3.8, 4) is 0 Å². The summed E-state index contributed by atoms with van der Waals surface area (Å²) in [6.07, 6.45) is 6.63. The zero-order valence-electron chi connectivity index (χ0n) is 14.0. The van der Waals surface area contributed by atoms with Crippen LogP contribution >= 0.6 is 0 Å². The monoisotopic (exact) mass is 317 g/mol. The molecule has 0 aliphatic carbocycles. The molecule has 0 spiro atoms. The van der Waals surface area contributed by atoms with Gasteiger partial charge in [-0.2, -0.15) is 0 Å². The number of hydrogen-bond acceptors (Lipinski definition) is 2. The third kappa shape index (κ3) is 5.08. The van der Waals surface area contributed by atoms with E-state index in [0.29, 0.717) is 17.9 Å². The van der Waals surface area contributed by atoms with Crippen molar-refractivity contribution in [2.24, 2.45) is 5.92 Å². The van der Waals surface area contributed by atoms with Crippen LogP contribution in [0.5, 0.6) is 0 Å². The number of hydrogen-bond donors (Lipinski definition) is 1. The molecule has 1 aliphatic heterocycles. The summed E-state index contributed by atoms with van der Waals surface area (Å²) in [7, 11) is 0. The first-order chi connectivity index (χ1) is 11.1. The van der Waals surface area contributed by atoms with Crippen LogP contribution in [0, 0.1) is 5.92 Å². The van der Waals surface area contributed by atoms with Crippen molar-refractivity contribution >= 4 is 11.9 Å². The van der Waals surface area contributed by atoms with Gasteiger partial charge in [0.15, 0.2) is 0 Å². The first-order valence-corrected chi connectivity index (χ1v) is 8.70. The van der Waals surface area contributed by atoms with Crippen LogP contribution in [0.2, 0.25) is 0 Å². The first-order valence-electron chi connectivity index (χ1n) is 8.70. The Hall–Kier alpha value is -1.84. The molecule has 1 aromatic rings. The number of likely N-dealkylation sites (tertiary alicyclic amines) is 1. The fraction of sp³-hybridized carbons (Fsp3) is 0.579. The third-order valence-electron chi connectivity index (χ3n) is 4.72. The van der Waals surface area contributed by atoms with E-state index in [9.17, 15) is 14.7 Å². The van der Waals surface area contributed by atoms with E-state index in [4.69, 9.17) is 0 Å². The zero-order chi connectivity index (χ0) is 16.7.